The second-order valence-electron chi connectivity index (χ2n) is 5.20. The van der Waals surface area contributed by atoms with Crippen LogP contribution in [0.3, 0.4) is 0 Å². The lowest BCUT2D eigenvalue weighted by Gasteiger charge is -2.37. The Bertz CT molecular complexity index is 223. The van der Waals surface area contributed by atoms with Crippen molar-refractivity contribution in [2.75, 3.05) is 13.1 Å². The summed E-state index contributed by atoms with van der Waals surface area (Å²) < 4.78 is 25.2. The number of alkyl halides is 2. The maximum atomic E-state index is 12.6. The molecule has 2 nitrogen and oxygen atoms in total. The number of nitrogens with zero attached hydrogens (tertiary/aromatic N) is 1. The molecule has 1 heterocycles. The van der Waals surface area contributed by atoms with E-state index in [1.54, 1.807) is 0 Å². The lowest BCUT2D eigenvalue weighted by molar-refractivity contribution is -0.0945. The third-order valence-corrected chi connectivity index (χ3v) is 3.51. The molecule has 0 radical (unpaired) electrons. The van der Waals surface area contributed by atoms with E-state index in [1.165, 1.54) is 0 Å². The van der Waals surface area contributed by atoms with E-state index < -0.39 is 5.92 Å². The summed E-state index contributed by atoms with van der Waals surface area (Å²) in [6, 6.07) is 1.05. The lowest BCUT2D eigenvalue weighted by atomic mass is 9.87. The van der Waals surface area contributed by atoms with E-state index in [1.807, 2.05) is 0 Å². The molecule has 15 heavy (non-hydrogen) atoms. The van der Waals surface area contributed by atoms with Gasteiger partial charge in [-0.05, 0) is 26.8 Å². The largest absolute Gasteiger partial charge is 0.309 e. The third kappa shape index (κ3) is 2.67. The molecule has 0 aromatic rings. The minimum Gasteiger partial charge on any atom is -0.309 e. The van der Waals surface area contributed by atoms with Crippen LogP contribution in [0.5, 0.6) is 0 Å². The van der Waals surface area contributed by atoms with E-state index in [0.717, 1.165) is 19.5 Å². The maximum absolute atomic E-state index is 12.6. The van der Waals surface area contributed by atoms with Gasteiger partial charge < -0.3 is 5.32 Å². The summed E-state index contributed by atoms with van der Waals surface area (Å²) in [5.41, 5.74) is 0. The molecule has 0 amide bonds. The lowest BCUT2D eigenvalue weighted by Crippen LogP contribution is -2.52. The first-order chi connectivity index (χ1) is 6.96. The standard InChI is InChI=1S/C11H20F2N2/c1-8(2)15-4-3-9(7-15)14-10-5-11(12,13)6-10/h8-10,14H,3-7H2,1-2H3/t9-/m0/s1. The van der Waals surface area contributed by atoms with Crippen molar-refractivity contribution in [1.29, 1.82) is 0 Å². The maximum Gasteiger partial charge on any atom is 0.251 e. The summed E-state index contributed by atoms with van der Waals surface area (Å²) in [5, 5.41) is 3.33. The number of halogens is 2. The molecule has 1 atom stereocenters. The Morgan fingerprint density at radius 1 is 1.27 bits per heavy atom. The molecule has 1 saturated carbocycles. The topological polar surface area (TPSA) is 15.3 Å². The quantitative estimate of drug-likeness (QED) is 0.777. The van der Waals surface area contributed by atoms with Crippen LogP contribution in [0.4, 0.5) is 8.78 Å². The molecule has 1 aliphatic carbocycles. The molecular formula is C11H20F2N2. The predicted molar refractivity (Wildman–Crippen MR) is 56.2 cm³/mol. The number of rotatable bonds is 3. The SMILES string of the molecule is CC(C)N1CC[C@H](NC2CC(F)(F)C2)C1. The number of likely N-dealkylation sites (tertiary alicyclic amines) is 1. The van der Waals surface area contributed by atoms with Gasteiger partial charge in [-0.3, -0.25) is 4.90 Å². The number of hydrogen-bond acceptors (Lipinski definition) is 2. The van der Waals surface area contributed by atoms with E-state index in [4.69, 9.17) is 0 Å². The van der Waals surface area contributed by atoms with Crippen molar-refractivity contribution in [2.45, 2.75) is 57.2 Å². The van der Waals surface area contributed by atoms with Crippen molar-refractivity contribution >= 4 is 0 Å². The average Bonchev–Trinajstić information content (AvgIpc) is 2.49. The Kier molecular flexibility index (Phi) is 2.99. The Balaban J connectivity index is 1.70. The Labute approximate surface area is 90.0 Å². The normalized spacial score (nSPS) is 32.2. The van der Waals surface area contributed by atoms with E-state index in [0.29, 0.717) is 12.1 Å². The highest BCUT2D eigenvalue weighted by molar-refractivity contribution is 4.95. The second kappa shape index (κ2) is 3.98. The Morgan fingerprint density at radius 3 is 2.40 bits per heavy atom. The first-order valence-corrected chi connectivity index (χ1v) is 5.84. The number of hydrogen-bond donors (Lipinski definition) is 1. The van der Waals surface area contributed by atoms with Gasteiger partial charge in [-0.2, -0.15) is 0 Å². The van der Waals surface area contributed by atoms with Gasteiger partial charge in [0.25, 0.3) is 5.92 Å². The van der Waals surface area contributed by atoms with Crippen LogP contribution >= 0.6 is 0 Å². The number of nitrogens with one attached hydrogen (secondary N) is 1. The zero-order chi connectivity index (χ0) is 11.1. The second-order valence-corrected chi connectivity index (χ2v) is 5.20. The molecule has 0 bridgehead atoms. The van der Waals surface area contributed by atoms with Crippen LogP contribution in [0.25, 0.3) is 0 Å². The molecule has 1 aliphatic heterocycles. The van der Waals surface area contributed by atoms with Gasteiger partial charge in [0.2, 0.25) is 0 Å². The third-order valence-electron chi connectivity index (χ3n) is 3.51. The Hall–Kier alpha value is -0.220. The average molecular weight is 218 g/mol. The summed E-state index contributed by atoms with van der Waals surface area (Å²) in [4.78, 5) is 2.40. The van der Waals surface area contributed by atoms with E-state index >= 15 is 0 Å². The van der Waals surface area contributed by atoms with Gasteiger partial charge in [-0.25, -0.2) is 8.78 Å². The highest BCUT2D eigenvalue weighted by Crippen LogP contribution is 2.37. The van der Waals surface area contributed by atoms with Gasteiger partial charge in [-0.1, -0.05) is 0 Å². The van der Waals surface area contributed by atoms with Crippen molar-refractivity contribution in [2.24, 2.45) is 0 Å². The fourth-order valence-corrected chi connectivity index (χ4v) is 2.50. The van der Waals surface area contributed by atoms with E-state index in [2.05, 4.69) is 24.1 Å². The van der Waals surface area contributed by atoms with E-state index in [9.17, 15) is 8.78 Å². The van der Waals surface area contributed by atoms with Crippen molar-refractivity contribution < 1.29 is 8.78 Å². The van der Waals surface area contributed by atoms with Crippen LogP contribution in [-0.4, -0.2) is 42.0 Å². The minimum atomic E-state index is -2.39. The molecule has 4 heteroatoms. The molecule has 0 spiro atoms. The van der Waals surface area contributed by atoms with Gasteiger partial charge >= 0.3 is 0 Å². The molecule has 2 fully saturated rings. The molecular weight excluding hydrogens is 198 g/mol. The van der Waals surface area contributed by atoms with Gasteiger partial charge in [0.05, 0.1) is 0 Å². The molecule has 0 aromatic carbocycles. The van der Waals surface area contributed by atoms with Crippen LogP contribution < -0.4 is 5.32 Å². The minimum absolute atomic E-state index is 0.0329. The van der Waals surface area contributed by atoms with Crippen LogP contribution in [0.15, 0.2) is 0 Å². The van der Waals surface area contributed by atoms with Gasteiger partial charge in [0.15, 0.2) is 0 Å². The smallest absolute Gasteiger partial charge is 0.251 e. The van der Waals surface area contributed by atoms with Crippen LogP contribution in [-0.2, 0) is 0 Å². The van der Waals surface area contributed by atoms with Crippen LogP contribution in [0.1, 0.15) is 33.1 Å². The van der Waals surface area contributed by atoms with E-state index in [-0.39, 0.29) is 18.9 Å². The van der Waals surface area contributed by atoms with Crippen molar-refractivity contribution in [3.8, 4) is 0 Å². The summed E-state index contributed by atoms with van der Waals surface area (Å²) >= 11 is 0. The monoisotopic (exact) mass is 218 g/mol. The zero-order valence-electron chi connectivity index (χ0n) is 9.47. The first-order valence-electron chi connectivity index (χ1n) is 5.84. The van der Waals surface area contributed by atoms with Crippen LogP contribution in [0, 0.1) is 0 Å². The van der Waals surface area contributed by atoms with Crippen molar-refractivity contribution in [1.82, 2.24) is 10.2 Å². The molecule has 2 aliphatic rings. The molecule has 0 aromatic heterocycles. The fraction of sp³-hybridized carbons (Fsp3) is 1.00. The highest BCUT2D eigenvalue weighted by Gasteiger charge is 2.46. The fourth-order valence-electron chi connectivity index (χ4n) is 2.50. The highest BCUT2D eigenvalue weighted by atomic mass is 19.3. The summed E-state index contributed by atoms with van der Waals surface area (Å²) in [7, 11) is 0. The zero-order valence-corrected chi connectivity index (χ0v) is 9.47. The molecule has 0 unspecified atom stereocenters. The summed E-state index contributed by atoms with van der Waals surface area (Å²) in [5.74, 6) is -2.39. The Morgan fingerprint density at radius 2 is 1.93 bits per heavy atom. The van der Waals surface area contributed by atoms with Gasteiger partial charge in [0.1, 0.15) is 0 Å². The summed E-state index contributed by atoms with van der Waals surface area (Å²) in [6.07, 6.45) is 1.16. The van der Waals surface area contributed by atoms with Crippen molar-refractivity contribution in [3.05, 3.63) is 0 Å². The van der Waals surface area contributed by atoms with Crippen LogP contribution in [0.2, 0.25) is 0 Å². The first kappa shape index (κ1) is 11.3. The summed E-state index contributed by atoms with van der Waals surface area (Å²) in [6.45, 7) is 6.47. The molecule has 1 N–H and O–H groups in total. The van der Waals surface area contributed by atoms with Gasteiger partial charge in [0, 0.05) is 37.5 Å². The predicted octanol–water partition coefficient (Wildman–Crippen LogP) is 1.86. The molecule has 2 rings (SSSR count). The van der Waals surface area contributed by atoms with Gasteiger partial charge in [-0.15, -0.1) is 0 Å². The van der Waals surface area contributed by atoms with Crippen molar-refractivity contribution in [3.63, 3.8) is 0 Å². The molecule has 88 valence electrons. The molecule has 1 saturated heterocycles.